The molecule has 126 valence electrons. The van der Waals surface area contributed by atoms with E-state index in [0.29, 0.717) is 25.9 Å². The first-order valence-electron chi connectivity index (χ1n) is 8.21. The molecule has 1 fully saturated rings. The number of carbonyl (C=O) groups excluding carboxylic acids is 2. The van der Waals surface area contributed by atoms with Gasteiger partial charge < -0.3 is 14.4 Å². The lowest BCUT2D eigenvalue weighted by molar-refractivity contribution is -0.146. The zero-order chi connectivity index (χ0) is 16.4. The van der Waals surface area contributed by atoms with Crippen molar-refractivity contribution in [1.82, 2.24) is 4.90 Å². The average Bonchev–Trinajstić information content (AvgIpc) is 2.99. The van der Waals surface area contributed by atoms with E-state index in [9.17, 15) is 9.59 Å². The van der Waals surface area contributed by atoms with Crippen LogP contribution in [0.5, 0.6) is 5.75 Å². The summed E-state index contributed by atoms with van der Waals surface area (Å²) in [4.78, 5) is 28.4. The summed E-state index contributed by atoms with van der Waals surface area (Å²) in [5.74, 6) is 0.582. The number of esters is 1. The van der Waals surface area contributed by atoms with Gasteiger partial charge in [0.1, 0.15) is 10.6 Å². The van der Waals surface area contributed by atoms with E-state index in [-0.39, 0.29) is 17.8 Å². The first-order chi connectivity index (χ1) is 11.2. The van der Waals surface area contributed by atoms with Crippen molar-refractivity contribution >= 4 is 23.2 Å². The maximum Gasteiger partial charge on any atom is 0.308 e. The Morgan fingerprint density at radius 3 is 2.48 bits per heavy atom. The Kier molecular flexibility index (Phi) is 4.90. The average molecular weight is 337 g/mol. The van der Waals surface area contributed by atoms with Crippen molar-refractivity contribution in [2.45, 2.75) is 38.5 Å². The molecule has 0 atom stereocenters. The summed E-state index contributed by atoms with van der Waals surface area (Å²) < 4.78 is 10.4. The van der Waals surface area contributed by atoms with E-state index >= 15 is 0 Å². The second-order valence-electron chi connectivity index (χ2n) is 6.16. The van der Waals surface area contributed by atoms with Crippen LogP contribution >= 0.6 is 11.3 Å². The van der Waals surface area contributed by atoms with Gasteiger partial charge in [-0.05, 0) is 38.5 Å². The summed E-state index contributed by atoms with van der Waals surface area (Å²) in [7, 11) is 3.07. The molecule has 0 radical (unpaired) electrons. The largest absolute Gasteiger partial charge is 0.495 e. The summed E-state index contributed by atoms with van der Waals surface area (Å²) in [6, 6.07) is 0. The maximum atomic E-state index is 12.9. The van der Waals surface area contributed by atoms with Crippen molar-refractivity contribution in [1.29, 1.82) is 0 Å². The lowest BCUT2D eigenvalue weighted by Gasteiger charge is -2.30. The molecule has 1 aromatic rings. The number of ether oxygens (including phenoxy) is 2. The second kappa shape index (κ2) is 6.91. The lowest BCUT2D eigenvalue weighted by atomic mass is 9.96. The Bertz CT molecular complexity index is 602. The number of carbonyl (C=O) groups is 2. The number of methoxy groups -OCH3 is 2. The lowest BCUT2D eigenvalue weighted by Crippen LogP contribution is -2.40. The molecule has 2 aliphatic rings. The van der Waals surface area contributed by atoms with Crippen LogP contribution in [0.4, 0.5) is 0 Å². The molecule has 0 unspecified atom stereocenters. The van der Waals surface area contributed by atoms with Crippen molar-refractivity contribution < 1.29 is 19.1 Å². The number of fused-ring (bicyclic) bond motifs is 1. The van der Waals surface area contributed by atoms with Gasteiger partial charge in [0, 0.05) is 23.5 Å². The number of hydrogen-bond donors (Lipinski definition) is 0. The predicted molar refractivity (Wildman–Crippen MR) is 88.2 cm³/mol. The van der Waals surface area contributed by atoms with Gasteiger partial charge in [0.25, 0.3) is 5.91 Å². The Hall–Kier alpha value is -1.56. The highest BCUT2D eigenvalue weighted by molar-refractivity contribution is 7.14. The van der Waals surface area contributed by atoms with Gasteiger partial charge in [-0.15, -0.1) is 11.3 Å². The molecule has 2 heterocycles. The Labute approximate surface area is 140 Å². The molecule has 5 nitrogen and oxygen atoms in total. The minimum atomic E-state index is -0.165. The molecule has 0 spiro atoms. The Balaban J connectivity index is 1.74. The number of aryl methyl sites for hydroxylation is 1. The fraction of sp³-hybridized carbons (Fsp3) is 0.647. The van der Waals surface area contributed by atoms with Crippen molar-refractivity contribution in [2.24, 2.45) is 5.92 Å². The van der Waals surface area contributed by atoms with E-state index in [1.165, 1.54) is 24.0 Å². The third-order valence-electron chi connectivity index (χ3n) is 4.84. The number of nitrogens with zero attached hydrogens (tertiary/aromatic N) is 1. The summed E-state index contributed by atoms with van der Waals surface area (Å²) in [5, 5.41) is 0. The molecule has 3 rings (SSSR count). The summed E-state index contributed by atoms with van der Waals surface area (Å²) in [6.45, 7) is 1.20. The van der Waals surface area contributed by atoms with Crippen molar-refractivity contribution in [3.05, 3.63) is 15.3 Å². The van der Waals surface area contributed by atoms with E-state index in [2.05, 4.69) is 0 Å². The molecule has 0 saturated carbocycles. The minimum Gasteiger partial charge on any atom is -0.495 e. The van der Waals surface area contributed by atoms with Crippen LogP contribution in [0.2, 0.25) is 0 Å². The quantitative estimate of drug-likeness (QED) is 0.796. The zero-order valence-electron chi connectivity index (χ0n) is 13.7. The van der Waals surface area contributed by atoms with Crippen LogP contribution in [-0.2, 0) is 22.4 Å². The fourth-order valence-electron chi connectivity index (χ4n) is 3.52. The first kappa shape index (κ1) is 16.3. The normalized spacial score (nSPS) is 18.4. The van der Waals surface area contributed by atoms with Crippen LogP contribution in [0.3, 0.4) is 0 Å². The van der Waals surface area contributed by atoms with Gasteiger partial charge in [-0.1, -0.05) is 0 Å². The van der Waals surface area contributed by atoms with E-state index in [1.807, 2.05) is 4.90 Å². The number of amides is 1. The molecule has 1 aliphatic heterocycles. The number of piperidine rings is 1. The van der Waals surface area contributed by atoms with E-state index in [0.717, 1.165) is 29.9 Å². The maximum absolute atomic E-state index is 12.9. The highest BCUT2D eigenvalue weighted by Gasteiger charge is 2.32. The van der Waals surface area contributed by atoms with Crippen LogP contribution < -0.4 is 4.74 Å². The monoisotopic (exact) mass is 337 g/mol. The van der Waals surface area contributed by atoms with Gasteiger partial charge in [-0.25, -0.2) is 0 Å². The first-order valence-corrected chi connectivity index (χ1v) is 9.03. The molecule has 0 aromatic carbocycles. The topological polar surface area (TPSA) is 55.8 Å². The summed E-state index contributed by atoms with van der Waals surface area (Å²) in [5.41, 5.74) is 1.23. The highest BCUT2D eigenvalue weighted by atomic mass is 32.1. The molecule has 1 amide bonds. The van der Waals surface area contributed by atoms with Gasteiger partial charge in [-0.3, -0.25) is 9.59 Å². The fourth-order valence-corrected chi connectivity index (χ4v) is 4.85. The van der Waals surface area contributed by atoms with Crippen LogP contribution in [0, 0.1) is 5.92 Å². The molecular weight excluding hydrogens is 314 g/mol. The number of rotatable bonds is 3. The molecule has 0 N–H and O–H groups in total. The second-order valence-corrected chi connectivity index (χ2v) is 7.27. The van der Waals surface area contributed by atoms with Gasteiger partial charge in [0.2, 0.25) is 0 Å². The number of thiophene rings is 1. The van der Waals surface area contributed by atoms with E-state index in [1.54, 1.807) is 18.4 Å². The zero-order valence-corrected chi connectivity index (χ0v) is 14.5. The smallest absolute Gasteiger partial charge is 0.308 e. The molecule has 6 heteroatoms. The molecule has 1 aliphatic carbocycles. The molecule has 1 saturated heterocycles. The molecule has 23 heavy (non-hydrogen) atoms. The van der Waals surface area contributed by atoms with E-state index < -0.39 is 0 Å². The van der Waals surface area contributed by atoms with Gasteiger partial charge in [-0.2, -0.15) is 0 Å². The van der Waals surface area contributed by atoms with Gasteiger partial charge >= 0.3 is 5.97 Å². The number of hydrogen-bond acceptors (Lipinski definition) is 5. The summed E-state index contributed by atoms with van der Waals surface area (Å²) in [6.07, 6.45) is 5.76. The van der Waals surface area contributed by atoms with Crippen molar-refractivity contribution in [2.75, 3.05) is 27.3 Å². The van der Waals surface area contributed by atoms with Crippen molar-refractivity contribution in [3.63, 3.8) is 0 Å². The Morgan fingerprint density at radius 2 is 1.83 bits per heavy atom. The van der Waals surface area contributed by atoms with Crippen LogP contribution in [0.25, 0.3) is 0 Å². The minimum absolute atomic E-state index is 0.0459. The van der Waals surface area contributed by atoms with E-state index in [4.69, 9.17) is 9.47 Å². The van der Waals surface area contributed by atoms with Gasteiger partial charge in [0.05, 0.1) is 20.1 Å². The third-order valence-corrected chi connectivity index (χ3v) is 6.10. The van der Waals surface area contributed by atoms with Crippen LogP contribution in [0.1, 0.15) is 45.8 Å². The Morgan fingerprint density at radius 1 is 1.13 bits per heavy atom. The van der Waals surface area contributed by atoms with Gasteiger partial charge in [0.15, 0.2) is 0 Å². The molecular formula is C17H23NO4S. The summed E-state index contributed by atoms with van der Waals surface area (Å²) >= 11 is 1.59. The molecule has 0 bridgehead atoms. The SMILES string of the molecule is COC(=O)C1CCN(C(=O)c2sc3c(c2OC)CCCC3)CC1. The standard InChI is InChI=1S/C17H23NO4S/c1-21-14-12-5-3-4-6-13(12)23-15(14)16(19)18-9-7-11(8-10-18)17(20)22-2/h11H,3-10H2,1-2H3. The third kappa shape index (κ3) is 3.09. The van der Waals surface area contributed by atoms with Crippen molar-refractivity contribution in [3.8, 4) is 5.75 Å². The predicted octanol–water partition coefficient (Wildman–Crippen LogP) is 2.66. The number of likely N-dealkylation sites (tertiary alicyclic amines) is 1. The van der Waals surface area contributed by atoms with Crippen LogP contribution in [0.15, 0.2) is 0 Å². The highest BCUT2D eigenvalue weighted by Crippen LogP contribution is 2.40. The van der Waals surface area contributed by atoms with Crippen LogP contribution in [-0.4, -0.2) is 44.1 Å². The molecule has 1 aromatic heterocycles.